The molecule has 1 atom stereocenters. The fourth-order valence-electron chi connectivity index (χ4n) is 0.661. The summed E-state index contributed by atoms with van der Waals surface area (Å²) in [5.41, 5.74) is 5.39. The SMILES string of the molecule is CC(C)OCC(=O)NCC(C)C(N)=S. The highest BCUT2D eigenvalue weighted by Gasteiger charge is 2.07. The molecule has 0 fully saturated rings. The summed E-state index contributed by atoms with van der Waals surface area (Å²) in [4.78, 5) is 11.6. The predicted molar refractivity (Wildman–Crippen MR) is 60.0 cm³/mol. The first kappa shape index (κ1) is 13.3. The molecule has 0 aromatic carbocycles. The van der Waals surface area contributed by atoms with Crippen LogP contribution in [-0.4, -0.2) is 30.2 Å². The molecule has 0 saturated heterocycles. The van der Waals surface area contributed by atoms with Crippen molar-refractivity contribution in [2.45, 2.75) is 26.9 Å². The molecular formula is C9H18N2O2S. The maximum Gasteiger partial charge on any atom is 0.246 e. The van der Waals surface area contributed by atoms with Gasteiger partial charge in [-0.2, -0.15) is 0 Å². The fourth-order valence-corrected chi connectivity index (χ4v) is 0.744. The second-order valence-corrected chi connectivity index (χ2v) is 3.94. The van der Waals surface area contributed by atoms with Crippen LogP contribution in [0.5, 0.6) is 0 Å². The van der Waals surface area contributed by atoms with Crippen LogP contribution >= 0.6 is 12.2 Å². The third-order valence-electron chi connectivity index (χ3n) is 1.64. The maximum atomic E-state index is 11.2. The third-order valence-corrected chi connectivity index (χ3v) is 2.04. The van der Waals surface area contributed by atoms with Crippen molar-refractivity contribution in [3.8, 4) is 0 Å². The van der Waals surface area contributed by atoms with Gasteiger partial charge in [-0.05, 0) is 13.8 Å². The van der Waals surface area contributed by atoms with Gasteiger partial charge in [0, 0.05) is 12.5 Å². The molecule has 3 N–H and O–H groups in total. The second kappa shape index (κ2) is 6.73. The quantitative estimate of drug-likeness (QED) is 0.635. The van der Waals surface area contributed by atoms with Gasteiger partial charge in [-0.1, -0.05) is 19.1 Å². The molecule has 0 radical (unpaired) electrons. The van der Waals surface area contributed by atoms with Crippen LogP contribution in [0.2, 0.25) is 0 Å². The number of ether oxygens (including phenoxy) is 1. The van der Waals surface area contributed by atoms with E-state index in [2.05, 4.69) is 5.32 Å². The zero-order chi connectivity index (χ0) is 11.1. The first-order valence-electron chi connectivity index (χ1n) is 4.61. The number of hydrogen-bond donors (Lipinski definition) is 2. The van der Waals surface area contributed by atoms with Gasteiger partial charge in [0.15, 0.2) is 0 Å². The molecule has 82 valence electrons. The van der Waals surface area contributed by atoms with Gasteiger partial charge in [-0.3, -0.25) is 4.79 Å². The Labute approximate surface area is 90.2 Å². The topological polar surface area (TPSA) is 64.3 Å². The van der Waals surface area contributed by atoms with Crippen molar-refractivity contribution in [3.05, 3.63) is 0 Å². The van der Waals surface area contributed by atoms with Crippen LogP contribution in [0.3, 0.4) is 0 Å². The Morgan fingerprint density at radius 1 is 1.50 bits per heavy atom. The molecule has 0 aliphatic carbocycles. The Balaban J connectivity index is 3.59. The Morgan fingerprint density at radius 2 is 2.07 bits per heavy atom. The number of thiocarbonyl (C=S) groups is 1. The smallest absolute Gasteiger partial charge is 0.246 e. The molecule has 0 spiro atoms. The lowest BCUT2D eigenvalue weighted by Gasteiger charge is -2.11. The summed E-state index contributed by atoms with van der Waals surface area (Å²) in [6, 6.07) is 0. The molecule has 5 heteroatoms. The fraction of sp³-hybridized carbons (Fsp3) is 0.778. The highest BCUT2D eigenvalue weighted by Crippen LogP contribution is 1.92. The van der Waals surface area contributed by atoms with E-state index in [0.717, 1.165) is 0 Å². The third kappa shape index (κ3) is 6.80. The molecule has 14 heavy (non-hydrogen) atoms. The van der Waals surface area contributed by atoms with E-state index in [1.54, 1.807) is 0 Å². The van der Waals surface area contributed by atoms with Gasteiger partial charge in [0.25, 0.3) is 0 Å². The van der Waals surface area contributed by atoms with Crippen LogP contribution in [0.15, 0.2) is 0 Å². The molecule has 0 aliphatic rings. The normalized spacial score (nSPS) is 12.6. The number of amides is 1. The Morgan fingerprint density at radius 3 is 2.50 bits per heavy atom. The lowest BCUT2D eigenvalue weighted by atomic mass is 10.2. The van der Waals surface area contributed by atoms with E-state index in [4.69, 9.17) is 22.7 Å². The molecule has 0 heterocycles. The average Bonchev–Trinajstić information content (AvgIpc) is 2.10. The lowest BCUT2D eigenvalue weighted by Crippen LogP contribution is -2.36. The van der Waals surface area contributed by atoms with Crippen molar-refractivity contribution < 1.29 is 9.53 Å². The number of hydrogen-bond acceptors (Lipinski definition) is 3. The number of carbonyl (C=O) groups is 1. The monoisotopic (exact) mass is 218 g/mol. The summed E-state index contributed by atoms with van der Waals surface area (Å²) >= 11 is 4.77. The molecule has 0 aliphatic heterocycles. The van der Waals surface area contributed by atoms with Crippen molar-refractivity contribution in [3.63, 3.8) is 0 Å². The molecule has 0 aromatic heterocycles. The minimum absolute atomic E-state index is 0.0213. The average molecular weight is 218 g/mol. The molecular weight excluding hydrogens is 200 g/mol. The first-order chi connectivity index (χ1) is 6.43. The Bertz CT molecular complexity index is 207. The molecule has 0 aromatic rings. The summed E-state index contributed by atoms with van der Waals surface area (Å²) in [6.07, 6.45) is 0.0637. The van der Waals surface area contributed by atoms with Gasteiger partial charge < -0.3 is 15.8 Å². The summed E-state index contributed by atoms with van der Waals surface area (Å²) in [5.74, 6) is -0.116. The maximum absolute atomic E-state index is 11.2. The summed E-state index contributed by atoms with van der Waals surface area (Å²) in [5, 5.41) is 2.69. The minimum Gasteiger partial charge on any atom is -0.393 e. The van der Waals surface area contributed by atoms with Crippen molar-refractivity contribution in [2.24, 2.45) is 11.7 Å². The van der Waals surface area contributed by atoms with E-state index in [1.165, 1.54) is 0 Å². The van der Waals surface area contributed by atoms with Crippen LogP contribution in [-0.2, 0) is 9.53 Å². The zero-order valence-electron chi connectivity index (χ0n) is 8.87. The molecule has 1 unspecified atom stereocenters. The predicted octanol–water partition coefficient (Wildman–Crippen LogP) is 0.450. The van der Waals surface area contributed by atoms with Gasteiger partial charge in [0.1, 0.15) is 6.61 Å². The highest BCUT2D eigenvalue weighted by atomic mass is 32.1. The summed E-state index contributed by atoms with van der Waals surface area (Å²) < 4.78 is 5.12. The number of rotatable bonds is 6. The van der Waals surface area contributed by atoms with Crippen LogP contribution < -0.4 is 11.1 Å². The first-order valence-corrected chi connectivity index (χ1v) is 5.02. The van der Waals surface area contributed by atoms with Gasteiger partial charge in [0.05, 0.1) is 11.1 Å². The van der Waals surface area contributed by atoms with E-state index in [9.17, 15) is 4.79 Å². The van der Waals surface area contributed by atoms with Crippen molar-refractivity contribution in [1.29, 1.82) is 0 Å². The van der Waals surface area contributed by atoms with Crippen LogP contribution in [0, 0.1) is 5.92 Å². The number of carbonyl (C=O) groups excluding carboxylic acids is 1. The van der Waals surface area contributed by atoms with Crippen LogP contribution in [0.4, 0.5) is 0 Å². The highest BCUT2D eigenvalue weighted by molar-refractivity contribution is 7.80. The van der Waals surface area contributed by atoms with Crippen molar-refractivity contribution in [2.75, 3.05) is 13.2 Å². The summed E-state index contributed by atoms with van der Waals surface area (Å²) in [7, 11) is 0. The van der Waals surface area contributed by atoms with E-state index in [-0.39, 0.29) is 24.5 Å². The van der Waals surface area contributed by atoms with E-state index in [1.807, 2.05) is 20.8 Å². The summed E-state index contributed by atoms with van der Waals surface area (Å²) in [6.45, 7) is 6.18. The van der Waals surface area contributed by atoms with Crippen LogP contribution in [0.25, 0.3) is 0 Å². The molecule has 4 nitrogen and oxygen atoms in total. The number of nitrogens with two attached hydrogens (primary N) is 1. The van der Waals surface area contributed by atoms with Gasteiger partial charge in [0.2, 0.25) is 5.91 Å². The second-order valence-electron chi connectivity index (χ2n) is 3.47. The van der Waals surface area contributed by atoms with Crippen LogP contribution in [0.1, 0.15) is 20.8 Å². The molecule has 0 rings (SSSR count). The Kier molecular flexibility index (Phi) is 6.40. The van der Waals surface area contributed by atoms with E-state index in [0.29, 0.717) is 11.5 Å². The molecule has 0 bridgehead atoms. The Hall–Kier alpha value is -0.680. The van der Waals surface area contributed by atoms with Gasteiger partial charge in [-0.25, -0.2) is 0 Å². The molecule has 1 amide bonds. The minimum atomic E-state index is -0.137. The lowest BCUT2D eigenvalue weighted by molar-refractivity contribution is -0.127. The van der Waals surface area contributed by atoms with E-state index >= 15 is 0 Å². The van der Waals surface area contributed by atoms with Crippen molar-refractivity contribution in [1.82, 2.24) is 5.32 Å². The van der Waals surface area contributed by atoms with Crippen molar-refractivity contribution >= 4 is 23.1 Å². The largest absolute Gasteiger partial charge is 0.393 e. The molecule has 0 saturated carbocycles. The zero-order valence-corrected chi connectivity index (χ0v) is 9.69. The number of nitrogens with one attached hydrogen (secondary N) is 1. The van der Waals surface area contributed by atoms with Gasteiger partial charge in [-0.15, -0.1) is 0 Å². The van der Waals surface area contributed by atoms with E-state index < -0.39 is 0 Å². The standard InChI is InChI=1S/C9H18N2O2S/c1-6(2)13-5-8(12)11-4-7(3)9(10)14/h6-7H,4-5H2,1-3H3,(H2,10,14)(H,11,12). The van der Waals surface area contributed by atoms with Gasteiger partial charge >= 0.3 is 0 Å².